The average Bonchev–Trinajstić information content (AvgIpc) is 2.72. The number of hydrogen-bond acceptors (Lipinski definition) is 8. The van der Waals surface area contributed by atoms with Gasteiger partial charge in [-0.3, -0.25) is 14.2 Å². The summed E-state index contributed by atoms with van der Waals surface area (Å²) in [6, 6.07) is 0. The lowest BCUT2D eigenvalue weighted by Crippen LogP contribution is -2.37. The molecule has 0 radical (unpaired) electrons. The maximum absolute atomic E-state index is 12.9. The molecule has 10 heteroatoms. The van der Waals surface area contributed by atoms with Crippen molar-refractivity contribution in [2.75, 3.05) is 47.5 Å². The number of hydrogen-bond donors (Lipinski definition) is 0. The molecule has 0 saturated carbocycles. The Balaban J connectivity index is 4.08. The van der Waals surface area contributed by atoms with Gasteiger partial charge in [0, 0.05) is 12.8 Å². The van der Waals surface area contributed by atoms with E-state index >= 15 is 0 Å². The Hall–Kier alpha value is -4.89. The summed E-state index contributed by atoms with van der Waals surface area (Å²) in [5.74, 6) is -0.853. The van der Waals surface area contributed by atoms with Crippen LogP contribution in [0.4, 0.5) is 0 Å². The van der Waals surface area contributed by atoms with Gasteiger partial charge in [-0.1, -0.05) is 331 Å². The van der Waals surface area contributed by atoms with E-state index in [9.17, 15) is 19.0 Å². The molecule has 0 aromatic carbocycles. The number of rotatable bonds is 69. The third-order valence-electron chi connectivity index (χ3n) is 15.9. The van der Waals surface area contributed by atoms with E-state index in [-0.39, 0.29) is 32.0 Å². The van der Waals surface area contributed by atoms with Crippen LogP contribution in [0, 0.1) is 0 Å². The fraction of sp³-hybridized carbons (Fsp3) is 0.628. The van der Waals surface area contributed by atoms with Crippen molar-refractivity contribution in [3.8, 4) is 0 Å². The molecule has 0 aliphatic heterocycles. The zero-order valence-corrected chi connectivity index (χ0v) is 62.9. The molecule has 544 valence electrons. The third-order valence-corrected chi connectivity index (χ3v) is 16.9. The van der Waals surface area contributed by atoms with Gasteiger partial charge in [0.1, 0.15) is 19.8 Å². The molecule has 0 saturated heterocycles. The number of allylic oxidation sites excluding steroid dienone is 30. The number of nitrogens with zero attached hydrogens (tertiary/aromatic N) is 1. The van der Waals surface area contributed by atoms with E-state index in [1.54, 1.807) is 0 Å². The van der Waals surface area contributed by atoms with Gasteiger partial charge in [-0.2, -0.15) is 0 Å². The number of phosphoric acid groups is 1. The Bertz CT molecular complexity index is 2280. The number of unbranched alkanes of at least 4 members (excludes halogenated alkanes) is 25. The second kappa shape index (κ2) is 74.3. The van der Waals surface area contributed by atoms with Crippen molar-refractivity contribution in [2.24, 2.45) is 0 Å². The van der Waals surface area contributed by atoms with Crippen LogP contribution in [0.5, 0.6) is 0 Å². The zero-order chi connectivity index (χ0) is 69.7. The predicted molar refractivity (Wildman–Crippen MR) is 415 cm³/mol. The first-order chi connectivity index (χ1) is 47.0. The second-order valence-electron chi connectivity index (χ2n) is 26.3. The minimum atomic E-state index is -4.66. The molecule has 0 N–H and O–H groups in total. The molecule has 0 spiro atoms. The second-order valence-corrected chi connectivity index (χ2v) is 27.7. The molecule has 0 aromatic rings. The van der Waals surface area contributed by atoms with Gasteiger partial charge in [-0.05, 0) is 135 Å². The molecular formula is C86H142NO8P. The molecular weight excluding hydrogens is 1210 g/mol. The first-order valence-corrected chi connectivity index (χ1v) is 40.0. The molecule has 0 bridgehead atoms. The minimum absolute atomic E-state index is 0.0418. The van der Waals surface area contributed by atoms with Gasteiger partial charge in [0.05, 0.1) is 27.7 Å². The summed E-state index contributed by atoms with van der Waals surface area (Å²) in [4.78, 5) is 38.2. The topological polar surface area (TPSA) is 111 Å². The number of carbonyl (C=O) groups is 2. The lowest BCUT2D eigenvalue weighted by atomic mass is 10.0. The van der Waals surface area contributed by atoms with Gasteiger partial charge >= 0.3 is 11.9 Å². The summed E-state index contributed by atoms with van der Waals surface area (Å²) in [6.45, 7) is 4.00. The fourth-order valence-corrected chi connectivity index (χ4v) is 10.9. The molecule has 2 atom stereocenters. The van der Waals surface area contributed by atoms with Gasteiger partial charge in [-0.15, -0.1) is 0 Å². The molecule has 0 aliphatic carbocycles. The lowest BCUT2D eigenvalue weighted by Gasteiger charge is -2.28. The Morgan fingerprint density at radius 1 is 0.323 bits per heavy atom. The summed E-state index contributed by atoms with van der Waals surface area (Å²) in [5, 5.41) is 0. The van der Waals surface area contributed by atoms with Crippen LogP contribution in [-0.4, -0.2) is 70.0 Å². The van der Waals surface area contributed by atoms with Crippen LogP contribution in [0.1, 0.15) is 296 Å². The molecule has 0 aliphatic rings. The highest BCUT2D eigenvalue weighted by atomic mass is 31.2. The number of carbonyl (C=O) groups excluding carboxylic acids is 2. The van der Waals surface area contributed by atoms with E-state index in [4.69, 9.17) is 18.5 Å². The van der Waals surface area contributed by atoms with Crippen molar-refractivity contribution < 1.29 is 42.1 Å². The van der Waals surface area contributed by atoms with Crippen LogP contribution >= 0.6 is 7.82 Å². The van der Waals surface area contributed by atoms with Gasteiger partial charge in [0.25, 0.3) is 7.82 Å². The summed E-state index contributed by atoms with van der Waals surface area (Å²) >= 11 is 0. The summed E-state index contributed by atoms with van der Waals surface area (Å²) in [6.07, 6.45) is 114. The molecule has 0 rings (SSSR count). The van der Waals surface area contributed by atoms with Crippen molar-refractivity contribution in [3.05, 3.63) is 182 Å². The van der Waals surface area contributed by atoms with E-state index in [2.05, 4.69) is 196 Å². The minimum Gasteiger partial charge on any atom is -0.756 e. The van der Waals surface area contributed by atoms with Gasteiger partial charge < -0.3 is 27.9 Å². The summed E-state index contributed by atoms with van der Waals surface area (Å²) < 4.78 is 34.4. The van der Waals surface area contributed by atoms with Gasteiger partial charge in [0.2, 0.25) is 0 Å². The lowest BCUT2D eigenvalue weighted by molar-refractivity contribution is -0.870. The summed E-state index contributed by atoms with van der Waals surface area (Å²) in [7, 11) is 1.14. The number of quaternary nitrogens is 1. The Morgan fingerprint density at radius 2 is 0.562 bits per heavy atom. The first kappa shape index (κ1) is 91.1. The van der Waals surface area contributed by atoms with E-state index < -0.39 is 26.5 Å². The smallest absolute Gasteiger partial charge is 0.306 e. The number of phosphoric ester groups is 1. The first-order valence-electron chi connectivity index (χ1n) is 38.5. The maximum atomic E-state index is 12.9. The van der Waals surface area contributed by atoms with Crippen molar-refractivity contribution >= 4 is 19.8 Å². The Kier molecular flexibility index (Phi) is 70.5. The number of likely N-dealkylation sites (N-methyl/N-ethyl adjacent to an activating group) is 1. The highest BCUT2D eigenvalue weighted by molar-refractivity contribution is 7.45. The SMILES string of the molecule is CC/C=C\C/C=C\C/C=C\C/C=C\C/C=C\C/C=C\C/C=C\C/C=C\C/C=C\C/C=C\CCCCCCCCC(=O)OC(COC(=O)CCCCCCCCCCCCCCCCCCCCC/C=C\C/C=C\C/C=C\C/C=C\C/C=C\CC)COP(=O)([O-])OCC[N+](C)(C)C. The molecule has 0 heterocycles. The van der Waals surface area contributed by atoms with Gasteiger partial charge in [-0.25, -0.2) is 0 Å². The van der Waals surface area contributed by atoms with Crippen molar-refractivity contribution in [3.63, 3.8) is 0 Å². The normalized spacial score (nSPS) is 14.1. The average molecular weight is 1350 g/mol. The molecule has 2 unspecified atom stereocenters. The van der Waals surface area contributed by atoms with Crippen LogP contribution in [-0.2, 0) is 32.7 Å². The standard InChI is InChI=1S/C86H142NO8P/c1-6-8-10-12-14-16-18-20-22-24-26-28-30-32-34-36-38-40-42-43-45-47-49-51-53-55-57-59-61-63-65-67-69-71-73-75-77-79-86(89)95-84(83-94-96(90,91)93-81-80-87(3,4)5)82-92-85(88)78-76-74-72-70-68-66-64-62-60-58-56-54-52-50-48-46-44-41-39-37-35-33-31-29-27-25-23-21-19-17-15-13-11-9-7-2/h8-11,14-17,20-23,26-29,32-35,38,40,43,45,49,51,55,57,61,63,84H,6-7,12-13,18-19,24-25,30-31,36-37,39,41-42,44,46-48,50,52-54,56,58-60,62,64-83H2,1-5H3/b10-8-,11-9-,16-14-,17-15-,22-20-,23-21-,28-26-,29-27-,34-32-,35-33-,40-38-,45-43-,51-49-,57-55-,63-61-. The molecule has 9 nitrogen and oxygen atoms in total. The van der Waals surface area contributed by atoms with Crippen molar-refractivity contribution in [1.82, 2.24) is 0 Å². The van der Waals surface area contributed by atoms with Crippen LogP contribution in [0.15, 0.2) is 182 Å². The number of ether oxygens (including phenoxy) is 2. The zero-order valence-electron chi connectivity index (χ0n) is 62.0. The molecule has 0 fully saturated rings. The number of esters is 2. The van der Waals surface area contributed by atoms with Crippen LogP contribution < -0.4 is 4.89 Å². The Morgan fingerprint density at radius 3 is 0.833 bits per heavy atom. The Labute approximate surface area is 591 Å². The molecule has 0 aromatic heterocycles. The van der Waals surface area contributed by atoms with Crippen LogP contribution in [0.3, 0.4) is 0 Å². The highest BCUT2D eigenvalue weighted by Crippen LogP contribution is 2.38. The maximum Gasteiger partial charge on any atom is 0.306 e. The van der Waals surface area contributed by atoms with Crippen LogP contribution in [0.25, 0.3) is 0 Å². The summed E-state index contributed by atoms with van der Waals surface area (Å²) in [5.41, 5.74) is 0. The monoisotopic (exact) mass is 1350 g/mol. The van der Waals surface area contributed by atoms with E-state index in [0.717, 1.165) is 154 Å². The highest BCUT2D eigenvalue weighted by Gasteiger charge is 2.22. The van der Waals surface area contributed by atoms with Crippen molar-refractivity contribution in [2.45, 2.75) is 302 Å². The quantitative estimate of drug-likeness (QED) is 0.0195. The van der Waals surface area contributed by atoms with Gasteiger partial charge in [0.15, 0.2) is 6.10 Å². The third kappa shape index (κ3) is 78.1. The largest absolute Gasteiger partial charge is 0.756 e. The predicted octanol–water partition coefficient (Wildman–Crippen LogP) is 25.2. The molecule has 0 amide bonds. The van der Waals surface area contributed by atoms with Crippen LogP contribution in [0.2, 0.25) is 0 Å². The molecule has 96 heavy (non-hydrogen) atoms. The van der Waals surface area contributed by atoms with E-state index in [1.165, 1.54) is 109 Å². The fourth-order valence-electron chi connectivity index (χ4n) is 10.1. The van der Waals surface area contributed by atoms with E-state index in [0.29, 0.717) is 17.4 Å². The van der Waals surface area contributed by atoms with Crippen molar-refractivity contribution in [1.29, 1.82) is 0 Å². The van der Waals surface area contributed by atoms with E-state index in [1.807, 2.05) is 21.1 Å².